The van der Waals surface area contributed by atoms with Crippen LogP contribution < -0.4 is 4.90 Å². The topological polar surface area (TPSA) is 37.4 Å². The van der Waals surface area contributed by atoms with Crippen LogP contribution in [0.25, 0.3) is 0 Å². The Labute approximate surface area is 123 Å². The van der Waals surface area contributed by atoms with Gasteiger partial charge < -0.3 is 0 Å². The maximum Gasteiger partial charge on any atom is 0.238 e. The molecular formula is C18H17NO2. The van der Waals surface area contributed by atoms with E-state index in [-0.39, 0.29) is 23.7 Å². The minimum atomic E-state index is -0.100. The molecule has 2 bridgehead atoms. The van der Waals surface area contributed by atoms with Crippen LogP contribution in [0.3, 0.4) is 0 Å². The number of rotatable bonds is 1. The standard InChI is InChI=1S/C18H17NO2/c1-9-3-2-4-10(7-9)19-17(20)15-11-5-6-12(14-8-13(11)14)16(15)18(19)21/h2-7,11-16H,8H2,1H3/t11-,12-,13-,14-,15+,16+/m1/s1. The molecule has 3 nitrogen and oxygen atoms in total. The molecule has 0 N–H and O–H groups in total. The van der Waals surface area contributed by atoms with Gasteiger partial charge in [0.05, 0.1) is 17.5 Å². The Hall–Kier alpha value is -1.90. The molecule has 6 rings (SSSR count). The molecule has 6 atom stereocenters. The monoisotopic (exact) mass is 279 g/mol. The van der Waals surface area contributed by atoms with Gasteiger partial charge in [0.2, 0.25) is 11.8 Å². The van der Waals surface area contributed by atoms with E-state index in [0.717, 1.165) is 11.3 Å². The molecule has 4 aliphatic carbocycles. The van der Waals surface area contributed by atoms with E-state index in [0.29, 0.717) is 23.7 Å². The Bertz CT molecular complexity index is 671. The van der Waals surface area contributed by atoms with Gasteiger partial charge in [-0.15, -0.1) is 0 Å². The SMILES string of the molecule is Cc1cccc(N2C(=O)[C@H]3[C@@H]4C=C[C@H]([C@H]5C[C@H]45)[C@@H]3C2=O)c1. The molecule has 0 unspecified atom stereocenters. The lowest BCUT2D eigenvalue weighted by Gasteiger charge is -2.37. The van der Waals surface area contributed by atoms with E-state index < -0.39 is 0 Å². The van der Waals surface area contributed by atoms with Crippen molar-refractivity contribution in [3.05, 3.63) is 42.0 Å². The van der Waals surface area contributed by atoms with E-state index in [1.807, 2.05) is 31.2 Å². The van der Waals surface area contributed by atoms with Crippen LogP contribution in [0.1, 0.15) is 12.0 Å². The predicted octanol–water partition coefficient (Wildman–Crippen LogP) is 2.55. The van der Waals surface area contributed by atoms with Crippen molar-refractivity contribution >= 4 is 17.5 Å². The van der Waals surface area contributed by atoms with Crippen LogP contribution in [0.2, 0.25) is 0 Å². The first-order valence-electron chi connectivity index (χ1n) is 7.79. The number of hydrogen-bond acceptors (Lipinski definition) is 2. The molecule has 1 aromatic carbocycles. The lowest BCUT2D eigenvalue weighted by atomic mass is 9.63. The molecule has 0 radical (unpaired) electrons. The Morgan fingerprint density at radius 1 is 1.00 bits per heavy atom. The summed E-state index contributed by atoms with van der Waals surface area (Å²) in [7, 11) is 0. The summed E-state index contributed by atoms with van der Waals surface area (Å²) in [5, 5.41) is 0. The molecule has 3 heteroatoms. The summed E-state index contributed by atoms with van der Waals surface area (Å²) in [5.74, 6) is 1.78. The molecule has 106 valence electrons. The van der Waals surface area contributed by atoms with E-state index in [9.17, 15) is 9.59 Å². The number of nitrogens with zero attached hydrogens (tertiary/aromatic N) is 1. The van der Waals surface area contributed by atoms with Crippen molar-refractivity contribution in [1.82, 2.24) is 0 Å². The quantitative estimate of drug-likeness (QED) is 0.585. The van der Waals surface area contributed by atoms with Gasteiger partial charge in [0, 0.05) is 0 Å². The molecule has 5 aliphatic rings. The highest BCUT2D eigenvalue weighted by atomic mass is 16.2. The Morgan fingerprint density at radius 3 is 2.19 bits per heavy atom. The van der Waals surface area contributed by atoms with Gasteiger partial charge in [0.1, 0.15) is 0 Å². The summed E-state index contributed by atoms with van der Waals surface area (Å²) in [6, 6.07) is 7.71. The molecule has 1 saturated heterocycles. The third-order valence-corrected chi connectivity index (χ3v) is 5.92. The highest BCUT2D eigenvalue weighted by Gasteiger charge is 2.67. The van der Waals surface area contributed by atoms with Gasteiger partial charge in [-0.25, -0.2) is 0 Å². The zero-order chi connectivity index (χ0) is 14.3. The Kier molecular flexibility index (Phi) is 2.04. The van der Waals surface area contributed by atoms with E-state index >= 15 is 0 Å². The molecular weight excluding hydrogens is 262 g/mol. The van der Waals surface area contributed by atoms with Crippen LogP contribution in [0.15, 0.2) is 36.4 Å². The molecule has 0 spiro atoms. The van der Waals surface area contributed by atoms with E-state index in [1.54, 1.807) is 0 Å². The summed E-state index contributed by atoms with van der Waals surface area (Å²) in [6.45, 7) is 1.99. The molecule has 1 heterocycles. The number of anilines is 1. The largest absolute Gasteiger partial charge is 0.274 e. The normalized spacial score (nSPS) is 42.2. The van der Waals surface area contributed by atoms with Crippen LogP contribution in [-0.2, 0) is 9.59 Å². The molecule has 21 heavy (non-hydrogen) atoms. The van der Waals surface area contributed by atoms with Gasteiger partial charge in [0.15, 0.2) is 0 Å². The average molecular weight is 279 g/mol. The lowest BCUT2D eigenvalue weighted by molar-refractivity contribution is -0.124. The number of carbonyl (C=O) groups is 2. The first-order valence-corrected chi connectivity index (χ1v) is 7.79. The fraction of sp³-hybridized carbons (Fsp3) is 0.444. The molecule has 2 saturated carbocycles. The van der Waals surface area contributed by atoms with Gasteiger partial charge >= 0.3 is 0 Å². The molecule has 3 fully saturated rings. The van der Waals surface area contributed by atoms with Gasteiger partial charge in [0.25, 0.3) is 0 Å². The number of aryl methyl sites for hydroxylation is 1. The van der Waals surface area contributed by atoms with Crippen molar-refractivity contribution in [2.24, 2.45) is 35.5 Å². The van der Waals surface area contributed by atoms with Crippen molar-refractivity contribution < 1.29 is 9.59 Å². The molecule has 2 amide bonds. The van der Waals surface area contributed by atoms with Gasteiger partial charge in [-0.2, -0.15) is 0 Å². The van der Waals surface area contributed by atoms with Crippen molar-refractivity contribution in [3.63, 3.8) is 0 Å². The van der Waals surface area contributed by atoms with Crippen molar-refractivity contribution in [2.45, 2.75) is 13.3 Å². The van der Waals surface area contributed by atoms with E-state index in [2.05, 4.69) is 12.2 Å². The van der Waals surface area contributed by atoms with Crippen molar-refractivity contribution in [3.8, 4) is 0 Å². The fourth-order valence-electron chi connectivity index (χ4n) is 4.98. The first-order chi connectivity index (χ1) is 10.2. The van der Waals surface area contributed by atoms with Crippen molar-refractivity contribution in [2.75, 3.05) is 4.90 Å². The van der Waals surface area contributed by atoms with Gasteiger partial charge in [-0.1, -0.05) is 24.3 Å². The number of hydrogen-bond donors (Lipinski definition) is 0. The predicted molar refractivity (Wildman–Crippen MR) is 78.4 cm³/mol. The fourth-order valence-corrected chi connectivity index (χ4v) is 4.98. The molecule has 0 aromatic heterocycles. The molecule has 1 aliphatic heterocycles. The van der Waals surface area contributed by atoms with Crippen LogP contribution in [0, 0.1) is 42.4 Å². The molecule has 1 aromatic rings. The zero-order valence-electron chi connectivity index (χ0n) is 11.9. The summed E-state index contributed by atoms with van der Waals surface area (Å²) < 4.78 is 0. The maximum absolute atomic E-state index is 12.9. The number of imide groups is 1. The summed E-state index contributed by atoms with van der Waals surface area (Å²) in [4.78, 5) is 27.2. The third-order valence-electron chi connectivity index (χ3n) is 5.92. The van der Waals surface area contributed by atoms with E-state index in [4.69, 9.17) is 0 Å². The third kappa shape index (κ3) is 1.34. The first kappa shape index (κ1) is 11.7. The van der Waals surface area contributed by atoms with Crippen LogP contribution in [0.5, 0.6) is 0 Å². The number of benzene rings is 1. The minimum absolute atomic E-state index is 0.0281. The highest BCUT2D eigenvalue weighted by Crippen LogP contribution is 2.65. The Balaban J connectivity index is 1.60. The number of allylic oxidation sites excluding steroid dienone is 2. The van der Waals surface area contributed by atoms with E-state index in [1.165, 1.54) is 11.3 Å². The van der Waals surface area contributed by atoms with Crippen LogP contribution in [0.4, 0.5) is 5.69 Å². The van der Waals surface area contributed by atoms with Crippen LogP contribution in [-0.4, -0.2) is 11.8 Å². The minimum Gasteiger partial charge on any atom is -0.274 e. The zero-order valence-corrected chi connectivity index (χ0v) is 11.9. The Morgan fingerprint density at radius 2 is 1.62 bits per heavy atom. The highest BCUT2D eigenvalue weighted by molar-refractivity contribution is 6.22. The maximum atomic E-state index is 12.9. The van der Waals surface area contributed by atoms with Gasteiger partial charge in [-0.3, -0.25) is 14.5 Å². The summed E-state index contributed by atoms with van der Waals surface area (Å²) in [6.07, 6.45) is 5.64. The van der Waals surface area contributed by atoms with Gasteiger partial charge in [-0.05, 0) is 54.7 Å². The summed E-state index contributed by atoms with van der Waals surface area (Å²) >= 11 is 0. The number of amides is 2. The van der Waals surface area contributed by atoms with Crippen molar-refractivity contribution in [1.29, 1.82) is 0 Å². The smallest absolute Gasteiger partial charge is 0.238 e. The summed E-state index contributed by atoms with van der Waals surface area (Å²) in [5.41, 5.74) is 1.82. The second-order valence-electron chi connectivity index (χ2n) is 7.01. The lowest BCUT2D eigenvalue weighted by Crippen LogP contribution is -2.40. The van der Waals surface area contributed by atoms with Crippen LogP contribution >= 0.6 is 0 Å². The second kappa shape index (κ2) is 3.65. The average Bonchev–Trinajstić information content (AvgIpc) is 3.24. The second-order valence-corrected chi connectivity index (χ2v) is 7.01. The number of carbonyl (C=O) groups excluding carboxylic acids is 2.